The molecule has 0 bridgehead atoms. The average Bonchev–Trinajstić information content (AvgIpc) is 2.71. The number of ether oxygens (including phenoxy) is 1. The number of anilines is 1. The molecular formula is C13H12FNO2S. The van der Waals surface area contributed by atoms with Gasteiger partial charge in [0.05, 0.1) is 5.69 Å². The summed E-state index contributed by atoms with van der Waals surface area (Å²) >= 11 is 1.23. The van der Waals surface area contributed by atoms with Gasteiger partial charge in [0, 0.05) is 11.3 Å². The molecule has 1 heterocycles. The van der Waals surface area contributed by atoms with E-state index in [1.807, 2.05) is 0 Å². The number of rotatable bonds is 3. The van der Waals surface area contributed by atoms with E-state index in [9.17, 15) is 9.18 Å². The van der Waals surface area contributed by atoms with Crippen LogP contribution in [0.2, 0.25) is 0 Å². The topological polar surface area (TPSA) is 52.3 Å². The molecule has 0 radical (unpaired) electrons. The summed E-state index contributed by atoms with van der Waals surface area (Å²) in [6.07, 6.45) is 0.284. The van der Waals surface area contributed by atoms with Crippen LogP contribution in [0, 0.1) is 5.82 Å². The molecule has 0 aliphatic heterocycles. The summed E-state index contributed by atoms with van der Waals surface area (Å²) in [7, 11) is 0. The summed E-state index contributed by atoms with van der Waals surface area (Å²) < 4.78 is 18.2. The highest BCUT2D eigenvalue weighted by Crippen LogP contribution is 2.39. The minimum absolute atomic E-state index is 0.284. The minimum atomic E-state index is -0.339. The maximum absolute atomic E-state index is 13.1. The zero-order valence-corrected chi connectivity index (χ0v) is 10.6. The fourth-order valence-electron chi connectivity index (χ4n) is 1.43. The first kappa shape index (κ1) is 12.6. The molecule has 2 aromatic rings. The maximum atomic E-state index is 13.1. The fraction of sp³-hybridized carbons (Fsp3) is 0.154. The second-order valence-corrected chi connectivity index (χ2v) is 4.71. The SMILES string of the molecule is CCC(=O)Oc1sc(-c2cccc(F)c2)cc1N. The molecule has 1 aromatic heterocycles. The van der Waals surface area contributed by atoms with Crippen molar-refractivity contribution in [3.8, 4) is 15.5 Å². The van der Waals surface area contributed by atoms with Gasteiger partial charge in [-0.3, -0.25) is 4.79 Å². The van der Waals surface area contributed by atoms with Crippen LogP contribution in [0.3, 0.4) is 0 Å². The Balaban J connectivity index is 2.31. The first-order valence-corrected chi connectivity index (χ1v) is 6.27. The molecule has 18 heavy (non-hydrogen) atoms. The first-order chi connectivity index (χ1) is 8.60. The summed E-state index contributed by atoms with van der Waals surface area (Å²) in [4.78, 5) is 12.0. The third-order valence-electron chi connectivity index (χ3n) is 2.33. The molecular weight excluding hydrogens is 253 g/mol. The highest BCUT2D eigenvalue weighted by atomic mass is 32.1. The van der Waals surface area contributed by atoms with Crippen molar-refractivity contribution < 1.29 is 13.9 Å². The third kappa shape index (κ3) is 2.68. The maximum Gasteiger partial charge on any atom is 0.311 e. The molecule has 2 rings (SSSR count). The van der Waals surface area contributed by atoms with E-state index in [1.165, 1.54) is 23.5 Å². The van der Waals surface area contributed by atoms with E-state index in [-0.39, 0.29) is 18.2 Å². The van der Waals surface area contributed by atoms with E-state index in [2.05, 4.69) is 0 Å². The van der Waals surface area contributed by atoms with Crippen LogP contribution in [0.1, 0.15) is 13.3 Å². The molecule has 1 aromatic carbocycles. The molecule has 94 valence electrons. The molecule has 3 nitrogen and oxygen atoms in total. The Bertz CT molecular complexity index is 580. The van der Waals surface area contributed by atoms with Gasteiger partial charge < -0.3 is 10.5 Å². The van der Waals surface area contributed by atoms with Crippen molar-refractivity contribution in [2.24, 2.45) is 0 Å². The molecule has 0 aliphatic carbocycles. The van der Waals surface area contributed by atoms with Crippen LogP contribution in [0.4, 0.5) is 10.1 Å². The van der Waals surface area contributed by atoms with Gasteiger partial charge in [-0.15, -0.1) is 0 Å². The third-order valence-corrected chi connectivity index (χ3v) is 3.41. The van der Waals surface area contributed by atoms with Crippen molar-refractivity contribution in [2.45, 2.75) is 13.3 Å². The summed E-state index contributed by atoms with van der Waals surface area (Å²) in [5.74, 6) is -0.652. The molecule has 0 saturated heterocycles. The highest BCUT2D eigenvalue weighted by molar-refractivity contribution is 7.18. The average molecular weight is 265 g/mol. The van der Waals surface area contributed by atoms with Crippen molar-refractivity contribution in [1.29, 1.82) is 0 Å². The standard InChI is InChI=1S/C13H12FNO2S/c1-2-12(16)17-13-10(15)7-11(18-13)8-4-3-5-9(14)6-8/h3-7H,2,15H2,1H3. The van der Waals surface area contributed by atoms with E-state index in [1.54, 1.807) is 25.1 Å². The fourth-order valence-corrected chi connectivity index (χ4v) is 2.37. The first-order valence-electron chi connectivity index (χ1n) is 5.46. The molecule has 0 fully saturated rings. The van der Waals surface area contributed by atoms with Crippen molar-refractivity contribution in [3.05, 3.63) is 36.1 Å². The van der Waals surface area contributed by atoms with Crippen molar-refractivity contribution >= 4 is 23.0 Å². The second-order valence-electron chi connectivity index (χ2n) is 3.69. The van der Waals surface area contributed by atoms with E-state index >= 15 is 0 Å². The number of thiophene rings is 1. The smallest absolute Gasteiger partial charge is 0.311 e. The summed E-state index contributed by atoms with van der Waals surface area (Å²) in [6.45, 7) is 1.71. The largest absolute Gasteiger partial charge is 0.413 e. The number of nitrogens with two attached hydrogens (primary N) is 1. The van der Waals surface area contributed by atoms with Gasteiger partial charge >= 0.3 is 5.97 Å². The quantitative estimate of drug-likeness (QED) is 0.865. The molecule has 0 spiro atoms. The number of benzene rings is 1. The Kier molecular flexibility index (Phi) is 3.62. The molecule has 0 saturated carbocycles. The number of hydrogen-bond acceptors (Lipinski definition) is 4. The number of esters is 1. The number of hydrogen-bond donors (Lipinski definition) is 1. The van der Waals surface area contributed by atoms with Gasteiger partial charge in [0.1, 0.15) is 5.82 Å². The number of halogens is 1. The lowest BCUT2D eigenvalue weighted by Crippen LogP contribution is -2.05. The Morgan fingerprint density at radius 1 is 1.44 bits per heavy atom. The zero-order valence-electron chi connectivity index (χ0n) is 9.77. The monoisotopic (exact) mass is 265 g/mol. The molecule has 0 atom stereocenters. The zero-order chi connectivity index (χ0) is 13.1. The Hall–Kier alpha value is -1.88. The summed E-state index contributed by atoms with van der Waals surface area (Å²) in [5, 5.41) is 0.362. The van der Waals surface area contributed by atoms with Crippen LogP contribution >= 0.6 is 11.3 Å². The highest BCUT2D eigenvalue weighted by Gasteiger charge is 2.12. The predicted molar refractivity (Wildman–Crippen MR) is 70.1 cm³/mol. The van der Waals surface area contributed by atoms with Crippen molar-refractivity contribution in [1.82, 2.24) is 0 Å². The molecule has 0 unspecified atom stereocenters. The van der Waals surface area contributed by atoms with Crippen LogP contribution in [0.5, 0.6) is 5.06 Å². The van der Waals surface area contributed by atoms with Crippen LogP contribution in [-0.4, -0.2) is 5.97 Å². The van der Waals surface area contributed by atoms with Gasteiger partial charge in [-0.05, 0) is 23.8 Å². The van der Waals surface area contributed by atoms with Gasteiger partial charge in [0.15, 0.2) is 0 Å². The predicted octanol–water partition coefficient (Wildman–Crippen LogP) is 3.45. The summed E-state index contributed by atoms with van der Waals surface area (Å²) in [5.41, 5.74) is 6.86. The Morgan fingerprint density at radius 3 is 2.89 bits per heavy atom. The minimum Gasteiger partial charge on any atom is -0.413 e. The van der Waals surface area contributed by atoms with Crippen LogP contribution in [-0.2, 0) is 4.79 Å². The Morgan fingerprint density at radius 2 is 2.22 bits per heavy atom. The van der Waals surface area contributed by atoms with E-state index < -0.39 is 0 Å². The van der Waals surface area contributed by atoms with Crippen LogP contribution in [0.15, 0.2) is 30.3 Å². The number of carbonyl (C=O) groups excluding carboxylic acids is 1. The van der Waals surface area contributed by atoms with E-state index in [0.717, 1.165) is 4.88 Å². The van der Waals surface area contributed by atoms with Crippen molar-refractivity contribution in [2.75, 3.05) is 5.73 Å². The normalized spacial score (nSPS) is 10.3. The lowest BCUT2D eigenvalue weighted by Gasteiger charge is -1.99. The molecule has 0 aliphatic rings. The van der Waals surface area contributed by atoms with Gasteiger partial charge in [-0.2, -0.15) is 0 Å². The number of carbonyl (C=O) groups is 1. The van der Waals surface area contributed by atoms with E-state index in [4.69, 9.17) is 10.5 Å². The lowest BCUT2D eigenvalue weighted by atomic mass is 10.2. The van der Waals surface area contributed by atoms with Gasteiger partial charge in [0.2, 0.25) is 5.06 Å². The molecule has 2 N–H and O–H groups in total. The van der Waals surface area contributed by atoms with Crippen LogP contribution < -0.4 is 10.5 Å². The van der Waals surface area contributed by atoms with Crippen molar-refractivity contribution in [3.63, 3.8) is 0 Å². The van der Waals surface area contributed by atoms with Crippen LogP contribution in [0.25, 0.3) is 10.4 Å². The lowest BCUT2D eigenvalue weighted by molar-refractivity contribution is -0.133. The van der Waals surface area contributed by atoms with Gasteiger partial charge in [0.25, 0.3) is 0 Å². The van der Waals surface area contributed by atoms with Gasteiger partial charge in [-0.25, -0.2) is 4.39 Å². The van der Waals surface area contributed by atoms with E-state index in [0.29, 0.717) is 16.3 Å². The summed E-state index contributed by atoms with van der Waals surface area (Å²) in [6, 6.07) is 7.87. The molecule has 0 amide bonds. The Labute approximate surface area is 108 Å². The second kappa shape index (κ2) is 5.18. The number of nitrogen functional groups attached to an aromatic ring is 1. The molecule has 5 heteroatoms. The van der Waals surface area contributed by atoms with Gasteiger partial charge in [-0.1, -0.05) is 30.4 Å².